The van der Waals surface area contributed by atoms with Crippen LogP contribution in [-0.4, -0.2) is 67.6 Å². The summed E-state index contributed by atoms with van der Waals surface area (Å²) in [6, 6.07) is 4.65. The molecule has 1 saturated heterocycles. The second-order valence-electron chi connectivity index (χ2n) is 5.53. The first-order valence-corrected chi connectivity index (χ1v) is 9.01. The molecule has 0 radical (unpaired) electrons. The number of benzene rings is 1. The summed E-state index contributed by atoms with van der Waals surface area (Å²) in [6.45, 7) is 0.410. The number of nitrogens with two attached hydrogens (primary N) is 1. The molecule has 9 heteroatoms. The third-order valence-corrected chi connectivity index (χ3v) is 5.35. The van der Waals surface area contributed by atoms with Crippen LogP contribution in [0.5, 0.6) is 0 Å². The fraction of sp³-hybridized carbons (Fsp3) is 0.500. The number of rotatable bonds is 6. The molecule has 1 aromatic rings. The van der Waals surface area contributed by atoms with Crippen LogP contribution in [0.3, 0.4) is 0 Å². The highest BCUT2D eigenvalue weighted by Gasteiger charge is 2.40. The lowest BCUT2D eigenvalue weighted by atomic mass is 10.1. The van der Waals surface area contributed by atoms with Crippen molar-refractivity contribution in [2.45, 2.75) is 12.1 Å². The van der Waals surface area contributed by atoms with E-state index in [-0.39, 0.29) is 37.0 Å². The van der Waals surface area contributed by atoms with E-state index in [4.69, 9.17) is 5.73 Å². The predicted octanol–water partition coefficient (Wildman–Crippen LogP) is -0.817. The summed E-state index contributed by atoms with van der Waals surface area (Å²) < 4.78 is 36.1. The quantitative estimate of drug-likeness (QED) is 0.621. The van der Waals surface area contributed by atoms with Gasteiger partial charge in [-0.2, -0.15) is 0 Å². The van der Waals surface area contributed by atoms with Crippen LogP contribution in [0.2, 0.25) is 0 Å². The average molecular weight is 345 g/mol. The summed E-state index contributed by atoms with van der Waals surface area (Å²) in [6.07, 6.45) is -1.04. The molecule has 0 aliphatic carbocycles. The van der Waals surface area contributed by atoms with Crippen molar-refractivity contribution in [1.82, 2.24) is 4.90 Å². The molecule has 23 heavy (non-hydrogen) atoms. The molecule has 0 saturated carbocycles. The van der Waals surface area contributed by atoms with Gasteiger partial charge in [-0.15, -0.1) is 0 Å². The van der Waals surface area contributed by atoms with Crippen molar-refractivity contribution >= 4 is 21.4 Å². The second-order valence-corrected chi connectivity index (χ2v) is 7.68. The molecule has 4 N–H and O–H groups in total. The van der Waals surface area contributed by atoms with Gasteiger partial charge in [0.05, 0.1) is 30.2 Å². The van der Waals surface area contributed by atoms with Crippen molar-refractivity contribution in [1.29, 1.82) is 0 Å². The van der Waals surface area contributed by atoms with E-state index in [1.54, 1.807) is 4.90 Å². The van der Waals surface area contributed by atoms with E-state index < -0.39 is 27.8 Å². The Morgan fingerprint density at radius 2 is 2.00 bits per heavy atom. The number of nitrogens with zero attached hydrogens (tertiary/aromatic N) is 1. The molecule has 0 spiro atoms. The molecule has 0 bridgehead atoms. The predicted molar refractivity (Wildman–Crippen MR) is 84.1 cm³/mol. The molecule has 128 valence electrons. The summed E-state index contributed by atoms with van der Waals surface area (Å²) in [5.41, 5.74) is 5.94. The van der Waals surface area contributed by atoms with Gasteiger partial charge in [0.15, 0.2) is 9.84 Å². The Morgan fingerprint density at radius 1 is 1.35 bits per heavy atom. The van der Waals surface area contributed by atoms with Crippen LogP contribution in [0.4, 0.5) is 10.1 Å². The third kappa shape index (κ3) is 4.96. The Balaban J connectivity index is 2.01. The van der Waals surface area contributed by atoms with E-state index in [9.17, 15) is 22.7 Å². The van der Waals surface area contributed by atoms with Gasteiger partial charge in [0.2, 0.25) is 5.91 Å². The molecule has 1 aliphatic heterocycles. The Morgan fingerprint density at radius 3 is 2.52 bits per heavy atom. The average Bonchev–Trinajstić information content (AvgIpc) is 2.74. The van der Waals surface area contributed by atoms with E-state index in [0.29, 0.717) is 5.69 Å². The Labute approximate surface area is 134 Å². The molecule has 1 heterocycles. The van der Waals surface area contributed by atoms with Gasteiger partial charge in [0, 0.05) is 18.8 Å². The van der Waals surface area contributed by atoms with Gasteiger partial charge in [-0.1, -0.05) is 0 Å². The fourth-order valence-electron chi connectivity index (χ4n) is 2.61. The summed E-state index contributed by atoms with van der Waals surface area (Å²) in [5.74, 6) is -1.30. The van der Waals surface area contributed by atoms with Crippen LogP contribution in [0, 0.1) is 5.82 Å². The van der Waals surface area contributed by atoms with Gasteiger partial charge in [-0.3, -0.25) is 9.69 Å². The Bertz CT molecular complexity index is 650. The van der Waals surface area contributed by atoms with Gasteiger partial charge in [0.1, 0.15) is 5.82 Å². The first-order valence-electron chi connectivity index (χ1n) is 7.19. The smallest absolute Gasteiger partial charge is 0.238 e. The number of anilines is 1. The van der Waals surface area contributed by atoms with E-state index in [2.05, 4.69) is 5.32 Å². The number of aliphatic hydroxyl groups excluding tert-OH is 1. The van der Waals surface area contributed by atoms with Gasteiger partial charge in [-0.05, 0) is 24.3 Å². The summed E-state index contributed by atoms with van der Waals surface area (Å²) in [4.78, 5) is 13.7. The van der Waals surface area contributed by atoms with Crippen molar-refractivity contribution in [3.05, 3.63) is 30.1 Å². The summed E-state index contributed by atoms with van der Waals surface area (Å²) >= 11 is 0. The normalized spacial score (nSPS) is 23.1. The molecule has 1 fully saturated rings. The molecule has 7 nitrogen and oxygen atoms in total. The number of carbonyl (C=O) groups excluding carboxylic acids is 1. The molecule has 2 atom stereocenters. The van der Waals surface area contributed by atoms with Crippen LogP contribution in [0.25, 0.3) is 0 Å². The zero-order valence-electron chi connectivity index (χ0n) is 12.5. The molecule has 2 unspecified atom stereocenters. The number of nitrogens with one attached hydrogen (secondary N) is 1. The van der Waals surface area contributed by atoms with Crippen LogP contribution in [0.1, 0.15) is 0 Å². The molecular weight excluding hydrogens is 325 g/mol. The van der Waals surface area contributed by atoms with Crippen molar-refractivity contribution in [2.75, 3.05) is 36.5 Å². The molecular formula is C14H20FN3O4S. The number of sulfone groups is 1. The van der Waals surface area contributed by atoms with Crippen molar-refractivity contribution < 1.29 is 22.7 Å². The maximum absolute atomic E-state index is 12.8. The standard InChI is InChI=1S/C14H20FN3O4S/c15-10-1-3-11(4-2-10)17-14(20)7-18(6-5-16)12-8-23(21,22)9-13(12)19/h1-4,12-13,19H,5-9,16H2,(H,17,20). The molecule has 0 aromatic heterocycles. The highest BCUT2D eigenvalue weighted by Crippen LogP contribution is 2.18. The number of hydrogen-bond acceptors (Lipinski definition) is 6. The SMILES string of the molecule is NCCN(CC(=O)Nc1ccc(F)cc1)C1CS(=O)(=O)CC1O. The highest BCUT2D eigenvalue weighted by molar-refractivity contribution is 7.91. The topological polar surface area (TPSA) is 113 Å². The minimum Gasteiger partial charge on any atom is -0.390 e. The second kappa shape index (κ2) is 7.35. The maximum Gasteiger partial charge on any atom is 0.238 e. The van der Waals surface area contributed by atoms with Crippen molar-refractivity contribution in [3.63, 3.8) is 0 Å². The zero-order chi connectivity index (χ0) is 17.0. The Kier molecular flexibility index (Phi) is 5.69. The van der Waals surface area contributed by atoms with Gasteiger partial charge < -0.3 is 16.2 Å². The first kappa shape index (κ1) is 17.8. The van der Waals surface area contributed by atoms with E-state index in [1.165, 1.54) is 24.3 Å². The lowest BCUT2D eigenvalue weighted by Crippen LogP contribution is -2.48. The van der Waals surface area contributed by atoms with Gasteiger partial charge in [-0.25, -0.2) is 12.8 Å². The lowest BCUT2D eigenvalue weighted by molar-refractivity contribution is -0.118. The number of aliphatic hydroxyl groups is 1. The van der Waals surface area contributed by atoms with E-state index in [1.807, 2.05) is 0 Å². The fourth-order valence-corrected chi connectivity index (χ4v) is 4.44. The third-order valence-electron chi connectivity index (χ3n) is 3.65. The molecule has 1 aliphatic rings. The molecule has 1 aromatic carbocycles. The van der Waals surface area contributed by atoms with Crippen LogP contribution >= 0.6 is 0 Å². The first-order chi connectivity index (χ1) is 10.8. The summed E-state index contributed by atoms with van der Waals surface area (Å²) in [7, 11) is -3.31. The monoisotopic (exact) mass is 345 g/mol. The number of amides is 1. The minimum atomic E-state index is -3.31. The molecule has 2 rings (SSSR count). The molecule has 1 amide bonds. The number of halogens is 1. The van der Waals surface area contributed by atoms with Crippen LogP contribution in [-0.2, 0) is 14.6 Å². The minimum absolute atomic E-state index is 0.105. The highest BCUT2D eigenvalue weighted by atomic mass is 32.2. The van der Waals surface area contributed by atoms with E-state index >= 15 is 0 Å². The Hall–Kier alpha value is -1.55. The number of carbonyl (C=O) groups is 1. The lowest BCUT2D eigenvalue weighted by Gasteiger charge is -2.28. The van der Waals surface area contributed by atoms with Gasteiger partial charge >= 0.3 is 0 Å². The largest absolute Gasteiger partial charge is 0.390 e. The van der Waals surface area contributed by atoms with Crippen LogP contribution < -0.4 is 11.1 Å². The summed E-state index contributed by atoms with van der Waals surface area (Å²) in [5, 5.41) is 12.5. The van der Waals surface area contributed by atoms with Crippen LogP contribution in [0.15, 0.2) is 24.3 Å². The number of hydrogen-bond donors (Lipinski definition) is 3. The zero-order valence-corrected chi connectivity index (χ0v) is 13.3. The van der Waals surface area contributed by atoms with Crippen molar-refractivity contribution in [3.8, 4) is 0 Å². The van der Waals surface area contributed by atoms with Crippen molar-refractivity contribution in [2.24, 2.45) is 5.73 Å². The van der Waals surface area contributed by atoms with Gasteiger partial charge in [0.25, 0.3) is 0 Å². The van der Waals surface area contributed by atoms with E-state index in [0.717, 1.165) is 0 Å². The maximum atomic E-state index is 12.8.